The summed E-state index contributed by atoms with van der Waals surface area (Å²) in [5.74, 6) is 0.201. The molecule has 120 valence electrons. The van der Waals surface area contributed by atoms with Crippen molar-refractivity contribution in [3.05, 3.63) is 42.5 Å². The van der Waals surface area contributed by atoms with Crippen LogP contribution in [0.4, 0.5) is 13.2 Å². The van der Waals surface area contributed by atoms with Crippen LogP contribution >= 0.6 is 0 Å². The normalized spacial score (nSPS) is 15.4. The van der Waals surface area contributed by atoms with E-state index in [9.17, 15) is 18.0 Å². The van der Waals surface area contributed by atoms with Crippen molar-refractivity contribution in [3.63, 3.8) is 0 Å². The molecule has 0 radical (unpaired) electrons. The molecule has 1 aliphatic rings. The van der Waals surface area contributed by atoms with Crippen LogP contribution in [-0.2, 0) is 4.79 Å². The van der Waals surface area contributed by atoms with Crippen molar-refractivity contribution >= 4 is 11.4 Å². The second-order valence-corrected chi connectivity index (χ2v) is 5.04. The van der Waals surface area contributed by atoms with Crippen LogP contribution < -0.4 is 4.74 Å². The van der Waals surface area contributed by atoms with Crippen molar-refractivity contribution in [2.24, 2.45) is 0 Å². The van der Waals surface area contributed by atoms with E-state index in [-0.39, 0.29) is 11.5 Å². The van der Waals surface area contributed by atoms with Crippen molar-refractivity contribution in [1.82, 2.24) is 14.8 Å². The van der Waals surface area contributed by atoms with Crippen LogP contribution in [-0.4, -0.2) is 26.9 Å². The highest BCUT2D eigenvalue weighted by molar-refractivity contribution is 5.97. The van der Waals surface area contributed by atoms with Gasteiger partial charge in [-0.1, -0.05) is 0 Å². The van der Waals surface area contributed by atoms with Crippen molar-refractivity contribution in [1.29, 1.82) is 0 Å². The number of aromatic nitrogens is 3. The van der Waals surface area contributed by atoms with Crippen LogP contribution in [0.15, 0.2) is 36.7 Å². The minimum absolute atomic E-state index is 0.0521. The van der Waals surface area contributed by atoms with Gasteiger partial charge in [-0.3, -0.25) is 4.79 Å². The van der Waals surface area contributed by atoms with E-state index in [0.717, 1.165) is 18.4 Å². The summed E-state index contributed by atoms with van der Waals surface area (Å²) < 4.78 is 41.6. The summed E-state index contributed by atoms with van der Waals surface area (Å²) in [6, 6.07) is 5.29. The molecule has 23 heavy (non-hydrogen) atoms. The van der Waals surface area contributed by atoms with Crippen LogP contribution in [0.2, 0.25) is 0 Å². The number of ketones is 1. The van der Waals surface area contributed by atoms with Gasteiger partial charge in [0.15, 0.2) is 11.6 Å². The smallest absolute Gasteiger partial charge is 0.406 e. The number of hydrogen-bond acceptors (Lipinski definition) is 4. The van der Waals surface area contributed by atoms with Crippen molar-refractivity contribution in [2.45, 2.75) is 25.6 Å². The third-order valence-corrected chi connectivity index (χ3v) is 3.32. The molecule has 0 saturated carbocycles. The van der Waals surface area contributed by atoms with Crippen LogP contribution in [0, 0.1) is 0 Å². The van der Waals surface area contributed by atoms with E-state index < -0.39 is 6.36 Å². The summed E-state index contributed by atoms with van der Waals surface area (Å²) >= 11 is 0. The third kappa shape index (κ3) is 3.77. The first-order valence-electron chi connectivity index (χ1n) is 6.92. The topological polar surface area (TPSA) is 57.0 Å². The van der Waals surface area contributed by atoms with Gasteiger partial charge in [0.25, 0.3) is 0 Å². The van der Waals surface area contributed by atoms with Gasteiger partial charge in [-0.15, -0.1) is 18.3 Å². The lowest BCUT2D eigenvalue weighted by atomic mass is 9.98. The summed E-state index contributed by atoms with van der Waals surface area (Å²) in [4.78, 5) is 15.6. The fraction of sp³-hybridized carbons (Fsp3) is 0.267. The predicted molar refractivity (Wildman–Crippen MR) is 74.9 cm³/mol. The Morgan fingerprint density at radius 3 is 2.52 bits per heavy atom. The minimum Gasteiger partial charge on any atom is -0.406 e. The summed E-state index contributed by atoms with van der Waals surface area (Å²) in [5, 5.41) is 4.26. The van der Waals surface area contributed by atoms with E-state index in [0.29, 0.717) is 17.9 Å². The molecule has 1 aromatic heterocycles. The highest BCUT2D eigenvalue weighted by atomic mass is 19.4. The molecule has 0 atom stereocenters. The van der Waals surface area contributed by atoms with E-state index in [2.05, 4.69) is 14.8 Å². The van der Waals surface area contributed by atoms with Crippen molar-refractivity contribution < 1.29 is 22.7 Å². The number of allylic oxidation sites excluding steroid dienone is 2. The maximum absolute atomic E-state index is 12.1. The number of rotatable bonds is 3. The maximum atomic E-state index is 12.1. The van der Waals surface area contributed by atoms with Crippen LogP contribution in [0.1, 0.15) is 25.1 Å². The largest absolute Gasteiger partial charge is 0.573 e. The molecule has 3 rings (SSSR count). The number of ether oxygens (including phenoxy) is 1. The lowest BCUT2D eigenvalue weighted by Gasteiger charge is -2.09. The lowest BCUT2D eigenvalue weighted by Crippen LogP contribution is -2.17. The molecule has 2 aromatic rings. The zero-order chi connectivity index (χ0) is 16.4. The number of carbonyl (C=O) groups excluding carboxylic acids is 1. The van der Waals surface area contributed by atoms with Gasteiger partial charge in [0, 0.05) is 12.0 Å². The Morgan fingerprint density at radius 1 is 1.13 bits per heavy atom. The second kappa shape index (κ2) is 5.86. The number of benzene rings is 1. The van der Waals surface area contributed by atoms with Crippen molar-refractivity contribution in [2.75, 3.05) is 0 Å². The molecule has 0 unspecified atom stereocenters. The second-order valence-electron chi connectivity index (χ2n) is 5.04. The fourth-order valence-electron chi connectivity index (χ4n) is 2.30. The molecule has 0 aliphatic heterocycles. The Kier molecular flexibility index (Phi) is 3.89. The van der Waals surface area contributed by atoms with Crippen LogP contribution in [0.5, 0.6) is 5.75 Å². The van der Waals surface area contributed by atoms with E-state index in [4.69, 9.17) is 0 Å². The van der Waals surface area contributed by atoms with E-state index in [1.807, 2.05) is 0 Å². The zero-order valence-corrected chi connectivity index (χ0v) is 11.9. The Hall–Kier alpha value is -2.64. The van der Waals surface area contributed by atoms with Gasteiger partial charge in [-0.05, 0) is 43.2 Å². The Morgan fingerprint density at radius 2 is 1.87 bits per heavy atom. The fourth-order valence-corrected chi connectivity index (χ4v) is 2.30. The summed E-state index contributed by atoms with van der Waals surface area (Å²) in [6.07, 6.45) is 0.307. The van der Waals surface area contributed by atoms with Gasteiger partial charge in [0.1, 0.15) is 12.1 Å². The first-order chi connectivity index (χ1) is 10.9. The molecule has 8 heteroatoms. The molecule has 0 spiro atoms. The van der Waals surface area contributed by atoms with Crippen LogP contribution in [0.3, 0.4) is 0 Å². The molecule has 0 fully saturated rings. The number of halogens is 3. The Balaban J connectivity index is 1.79. The highest BCUT2D eigenvalue weighted by Crippen LogP contribution is 2.25. The average Bonchev–Trinajstić information content (AvgIpc) is 2.96. The Labute approximate surface area is 129 Å². The van der Waals surface area contributed by atoms with Gasteiger partial charge in [0.05, 0.1) is 5.69 Å². The third-order valence-electron chi connectivity index (χ3n) is 3.32. The summed E-state index contributed by atoms with van der Waals surface area (Å²) in [5.41, 5.74) is 1.32. The molecule has 1 heterocycles. The number of hydrogen-bond donors (Lipinski definition) is 0. The standard InChI is InChI=1S/C15H12F3N3O2/c16-15(17,18)23-13-6-4-11(5-7-13)21-9-19-14(20-21)10-2-1-3-12(22)8-10/h4-9H,1-3H2. The zero-order valence-electron chi connectivity index (χ0n) is 11.9. The molecule has 1 aliphatic carbocycles. The van der Waals surface area contributed by atoms with Gasteiger partial charge in [0.2, 0.25) is 0 Å². The maximum Gasteiger partial charge on any atom is 0.573 e. The molecule has 0 bridgehead atoms. The van der Waals surface area contributed by atoms with Crippen molar-refractivity contribution in [3.8, 4) is 11.4 Å². The summed E-state index contributed by atoms with van der Waals surface area (Å²) in [6.45, 7) is 0. The molecule has 1 aromatic carbocycles. The average molecular weight is 323 g/mol. The minimum atomic E-state index is -4.72. The molecular weight excluding hydrogens is 311 g/mol. The molecule has 0 amide bonds. The molecular formula is C15H12F3N3O2. The number of carbonyl (C=O) groups is 1. The van der Waals surface area contributed by atoms with E-state index in [1.165, 1.54) is 35.3 Å². The SMILES string of the molecule is O=C1C=C(c2ncn(-c3ccc(OC(F)(F)F)cc3)n2)CCC1. The molecule has 5 nitrogen and oxygen atoms in total. The van der Waals surface area contributed by atoms with Gasteiger partial charge in [-0.25, -0.2) is 9.67 Å². The predicted octanol–water partition coefficient (Wildman–Crippen LogP) is 3.30. The molecule has 0 N–H and O–H groups in total. The lowest BCUT2D eigenvalue weighted by molar-refractivity contribution is -0.274. The van der Waals surface area contributed by atoms with Crippen LogP contribution in [0.25, 0.3) is 11.3 Å². The van der Waals surface area contributed by atoms with E-state index >= 15 is 0 Å². The first kappa shape index (κ1) is 15.3. The highest BCUT2D eigenvalue weighted by Gasteiger charge is 2.31. The molecule has 0 saturated heterocycles. The monoisotopic (exact) mass is 323 g/mol. The number of alkyl halides is 3. The summed E-state index contributed by atoms with van der Waals surface area (Å²) in [7, 11) is 0. The number of nitrogens with zero attached hydrogens (tertiary/aromatic N) is 3. The van der Waals surface area contributed by atoms with Gasteiger partial charge >= 0.3 is 6.36 Å². The first-order valence-corrected chi connectivity index (χ1v) is 6.92. The van der Waals surface area contributed by atoms with E-state index in [1.54, 1.807) is 6.08 Å². The quantitative estimate of drug-likeness (QED) is 0.869. The van der Waals surface area contributed by atoms with Gasteiger partial charge < -0.3 is 4.74 Å². The van der Waals surface area contributed by atoms with Gasteiger partial charge in [-0.2, -0.15) is 0 Å². The Bertz CT molecular complexity index is 748.